The molecule has 3 heteroatoms. The van der Waals surface area contributed by atoms with Crippen LogP contribution in [0.5, 0.6) is 5.75 Å². The molecule has 3 nitrogen and oxygen atoms in total. The smallest absolute Gasteiger partial charge is 0.335 e. The molecule has 0 aliphatic rings. The maximum absolute atomic E-state index is 11.1. The molecule has 0 atom stereocenters. The van der Waals surface area contributed by atoms with Crippen molar-refractivity contribution in [3.05, 3.63) is 52.6 Å². The van der Waals surface area contributed by atoms with Gasteiger partial charge in [-0.25, -0.2) is 4.79 Å². The predicted octanol–water partition coefficient (Wildman–Crippen LogP) is 4.33. The average Bonchev–Trinajstić information content (AvgIpc) is 2.35. The summed E-state index contributed by atoms with van der Waals surface area (Å²) in [6.45, 7) is 6.19. The molecule has 0 bridgehead atoms. The molecule has 1 aromatic carbocycles. The lowest BCUT2D eigenvalue weighted by atomic mass is 10.0. The first-order valence-electron chi connectivity index (χ1n) is 6.74. The summed E-state index contributed by atoms with van der Waals surface area (Å²) in [5.74, 6) is -0.865. The van der Waals surface area contributed by atoms with Crippen LogP contribution >= 0.6 is 0 Å². The quantitative estimate of drug-likeness (QED) is 0.759. The van der Waals surface area contributed by atoms with Crippen molar-refractivity contribution < 1.29 is 15.0 Å². The van der Waals surface area contributed by atoms with Crippen molar-refractivity contribution in [2.24, 2.45) is 0 Å². The van der Waals surface area contributed by atoms with Gasteiger partial charge in [-0.05, 0) is 63.8 Å². The van der Waals surface area contributed by atoms with Gasteiger partial charge in [-0.3, -0.25) is 0 Å². The molecule has 1 rings (SSSR count). The normalized spacial score (nSPS) is 11.2. The second kappa shape index (κ2) is 7.53. The number of benzene rings is 1. The van der Waals surface area contributed by atoms with Crippen LogP contribution in [0.15, 0.2) is 41.5 Å². The number of carbonyl (C=O) groups is 1. The van der Waals surface area contributed by atoms with Gasteiger partial charge in [0.1, 0.15) is 5.75 Å². The fourth-order valence-corrected chi connectivity index (χ4v) is 1.93. The van der Waals surface area contributed by atoms with Crippen molar-refractivity contribution in [1.82, 2.24) is 0 Å². The zero-order valence-electron chi connectivity index (χ0n) is 12.3. The summed E-state index contributed by atoms with van der Waals surface area (Å²) >= 11 is 0. The molecule has 0 aromatic heterocycles. The van der Waals surface area contributed by atoms with Gasteiger partial charge < -0.3 is 10.2 Å². The molecule has 0 fully saturated rings. The lowest BCUT2D eigenvalue weighted by Gasteiger charge is -2.05. The zero-order chi connectivity index (χ0) is 15.1. The fourth-order valence-electron chi connectivity index (χ4n) is 1.93. The third-order valence-corrected chi connectivity index (χ3v) is 3.08. The fraction of sp³-hybridized carbons (Fsp3) is 0.353. The summed E-state index contributed by atoms with van der Waals surface area (Å²) < 4.78 is 0. The standard InChI is InChI=1S/C17H22O3/c1-12(2)5-4-6-13(3)7-8-14-11-15(18)9-10-16(14)17(19)20/h5,7,9-11,18H,4,6,8H2,1-3H3,(H,19,20). The molecule has 2 N–H and O–H groups in total. The third kappa shape index (κ3) is 5.31. The first kappa shape index (κ1) is 16.0. The molecule has 0 heterocycles. The monoisotopic (exact) mass is 274 g/mol. The minimum atomic E-state index is -0.962. The number of phenolic OH excluding ortho intramolecular Hbond substituents is 1. The van der Waals surface area contributed by atoms with Crippen LogP contribution in [-0.2, 0) is 6.42 Å². The minimum Gasteiger partial charge on any atom is -0.508 e. The van der Waals surface area contributed by atoms with Gasteiger partial charge in [-0.2, -0.15) is 0 Å². The van der Waals surface area contributed by atoms with Crippen molar-refractivity contribution >= 4 is 5.97 Å². The Labute approximate surface area is 120 Å². The maximum Gasteiger partial charge on any atom is 0.335 e. The van der Waals surface area contributed by atoms with E-state index in [-0.39, 0.29) is 11.3 Å². The molecule has 0 aliphatic heterocycles. The highest BCUT2D eigenvalue weighted by Gasteiger charge is 2.09. The maximum atomic E-state index is 11.1. The van der Waals surface area contributed by atoms with Crippen LogP contribution in [0.25, 0.3) is 0 Å². The summed E-state index contributed by atoms with van der Waals surface area (Å²) in [6.07, 6.45) is 6.70. The van der Waals surface area contributed by atoms with E-state index in [2.05, 4.69) is 19.9 Å². The van der Waals surface area contributed by atoms with Gasteiger partial charge in [0.25, 0.3) is 0 Å². The van der Waals surface area contributed by atoms with E-state index in [9.17, 15) is 9.90 Å². The highest BCUT2D eigenvalue weighted by atomic mass is 16.4. The summed E-state index contributed by atoms with van der Waals surface area (Å²) in [4.78, 5) is 11.1. The van der Waals surface area contributed by atoms with Gasteiger partial charge in [0, 0.05) is 0 Å². The summed E-state index contributed by atoms with van der Waals surface area (Å²) in [5, 5.41) is 18.6. The Kier molecular flexibility index (Phi) is 6.04. The molecular formula is C17H22O3. The van der Waals surface area contributed by atoms with Crippen LogP contribution in [0.4, 0.5) is 0 Å². The number of allylic oxidation sites excluding steroid dienone is 4. The van der Waals surface area contributed by atoms with Crippen molar-refractivity contribution in [2.75, 3.05) is 0 Å². The van der Waals surface area contributed by atoms with Crippen molar-refractivity contribution in [3.63, 3.8) is 0 Å². The van der Waals surface area contributed by atoms with Crippen LogP contribution in [0.2, 0.25) is 0 Å². The first-order valence-corrected chi connectivity index (χ1v) is 6.74. The average molecular weight is 274 g/mol. The van der Waals surface area contributed by atoms with Gasteiger partial charge in [0.05, 0.1) is 5.56 Å². The van der Waals surface area contributed by atoms with E-state index in [1.165, 1.54) is 29.3 Å². The number of phenols is 1. The van der Waals surface area contributed by atoms with Gasteiger partial charge in [0.2, 0.25) is 0 Å². The Morgan fingerprint density at radius 3 is 2.50 bits per heavy atom. The van der Waals surface area contributed by atoms with Crippen LogP contribution in [0, 0.1) is 0 Å². The lowest BCUT2D eigenvalue weighted by Crippen LogP contribution is -2.01. The summed E-state index contributed by atoms with van der Waals surface area (Å²) in [6, 6.07) is 4.36. The largest absolute Gasteiger partial charge is 0.508 e. The van der Waals surface area contributed by atoms with E-state index < -0.39 is 5.97 Å². The topological polar surface area (TPSA) is 57.5 Å². The number of carboxylic acid groups (broad SMARTS) is 1. The van der Waals surface area contributed by atoms with Crippen molar-refractivity contribution in [2.45, 2.75) is 40.0 Å². The highest BCUT2D eigenvalue weighted by molar-refractivity contribution is 5.89. The highest BCUT2D eigenvalue weighted by Crippen LogP contribution is 2.19. The third-order valence-electron chi connectivity index (χ3n) is 3.08. The molecule has 0 saturated heterocycles. The van der Waals surface area contributed by atoms with E-state index >= 15 is 0 Å². The van der Waals surface area contributed by atoms with E-state index in [4.69, 9.17) is 5.11 Å². The van der Waals surface area contributed by atoms with E-state index in [1.54, 1.807) is 0 Å². The lowest BCUT2D eigenvalue weighted by molar-refractivity contribution is 0.0696. The molecule has 0 amide bonds. The second-order valence-corrected chi connectivity index (χ2v) is 5.22. The van der Waals surface area contributed by atoms with Gasteiger partial charge in [-0.1, -0.05) is 23.3 Å². The molecule has 108 valence electrons. The summed E-state index contributed by atoms with van der Waals surface area (Å²) in [5.41, 5.74) is 3.41. The Balaban J connectivity index is 2.75. The molecule has 0 spiro atoms. The molecule has 0 aliphatic carbocycles. The molecule has 20 heavy (non-hydrogen) atoms. The number of hydrogen-bond acceptors (Lipinski definition) is 2. The van der Waals surface area contributed by atoms with Crippen molar-refractivity contribution in [3.8, 4) is 5.75 Å². The predicted molar refractivity (Wildman–Crippen MR) is 81.2 cm³/mol. The number of rotatable bonds is 6. The molecule has 0 saturated carbocycles. The molecule has 0 unspecified atom stereocenters. The first-order chi connectivity index (χ1) is 9.40. The number of hydrogen-bond donors (Lipinski definition) is 2. The molecule has 0 radical (unpaired) electrons. The van der Waals surface area contributed by atoms with Gasteiger partial charge >= 0.3 is 5.97 Å². The van der Waals surface area contributed by atoms with E-state index in [0.717, 1.165) is 12.8 Å². The van der Waals surface area contributed by atoms with Crippen molar-refractivity contribution in [1.29, 1.82) is 0 Å². The van der Waals surface area contributed by atoms with E-state index in [0.29, 0.717) is 12.0 Å². The minimum absolute atomic E-state index is 0.0978. The SMILES string of the molecule is CC(C)=CCCC(C)=CCc1cc(O)ccc1C(=O)O. The Morgan fingerprint density at radius 2 is 1.90 bits per heavy atom. The molecule has 1 aromatic rings. The van der Waals surface area contributed by atoms with Gasteiger partial charge in [-0.15, -0.1) is 0 Å². The number of aromatic carboxylic acids is 1. The second-order valence-electron chi connectivity index (χ2n) is 5.22. The van der Waals surface area contributed by atoms with Crippen LogP contribution in [0.3, 0.4) is 0 Å². The Morgan fingerprint density at radius 1 is 1.20 bits per heavy atom. The Hall–Kier alpha value is -2.03. The number of aromatic hydroxyl groups is 1. The van der Waals surface area contributed by atoms with Gasteiger partial charge in [0.15, 0.2) is 0 Å². The van der Waals surface area contributed by atoms with Crippen LogP contribution in [0.1, 0.15) is 49.5 Å². The Bertz CT molecular complexity index is 535. The number of carboxylic acids is 1. The van der Waals surface area contributed by atoms with Crippen LogP contribution < -0.4 is 0 Å². The van der Waals surface area contributed by atoms with Crippen LogP contribution in [-0.4, -0.2) is 16.2 Å². The zero-order valence-corrected chi connectivity index (χ0v) is 12.3. The molecular weight excluding hydrogens is 252 g/mol. The van der Waals surface area contributed by atoms with E-state index in [1.807, 2.05) is 13.0 Å². The summed E-state index contributed by atoms with van der Waals surface area (Å²) in [7, 11) is 0.